The molecule has 0 bridgehead atoms. The molecule has 2 fully saturated rings. The van der Waals surface area contributed by atoms with Crippen LogP contribution in [0.3, 0.4) is 0 Å². The van der Waals surface area contributed by atoms with Crippen molar-refractivity contribution in [2.24, 2.45) is 0 Å². The van der Waals surface area contributed by atoms with Gasteiger partial charge < -0.3 is 0 Å². The maximum atomic E-state index is 12.1. The van der Waals surface area contributed by atoms with Gasteiger partial charge in [0.2, 0.25) is 0 Å². The summed E-state index contributed by atoms with van der Waals surface area (Å²) in [6.07, 6.45) is 4.31. The second-order valence-corrected chi connectivity index (χ2v) is 25.4. The molecular formula is C24H44CoOP2Si2. The Morgan fingerprint density at radius 3 is 1.47 bits per heavy atom. The maximum Gasteiger partial charge on any atom is 0.0817 e. The van der Waals surface area contributed by atoms with Crippen LogP contribution in [0.1, 0.15) is 69.2 Å². The molecule has 2 rings (SSSR count). The van der Waals surface area contributed by atoms with Crippen molar-refractivity contribution in [3.8, 4) is 0 Å². The average molecular weight is 526 g/mol. The first kappa shape index (κ1) is 31.5. The summed E-state index contributed by atoms with van der Waals surface area (Å²) in [4.78, 5) is 0. The Bertz CT molecular complexity index is 581. The second kappa shape index (κ2) is 10.8. The molecule has 0 aromatic carbocycles. The predicted octanol–water partition coefficient (Wildman–Crippen LogP) is 9.63. The molecular weight excluding hydrogens is 481 g/mol. The monoisotopic (exact) mass is 525 g/mol. The molecule has 6 heteroatoms. The van der Waals surface area contributed by atoms with Gasteiger partial charge in [-0.2, -0.15) is 0 Å². The fourth-order valence-corrected chi connectivity index (χ4v) is 15.0. The fraction of sp³-hybridized carbons (Fsp3) is 0.667. The van der Waals surface area contributed by atoms with Gasteiger partial charge in [0.15, 0.2) is 0 Å². The van der Waals surface area contributed by atoms with Crippen molar-refractivity contribution in [3.05, 3.63) is 46.6 Å². The van der Waals surface area contributed by atoms with E-state index in [0.29, 0.717) is 5.04 Å². The minimum atomic E-state index is -1.60. The van der Waals surface area contributed by atoms with E-state index in [9.17, 15) is 4.57 Å². The molecule has 2 aliphatic rings. The van der Waals surface area contributed by atoms with E-state index in [2.05, 4.69) is 102 Å². The van der Waals surface area contributed by atoms with E-state index in [0.717, 1.165) is 0 Å². The van der Waals surface area contributed by atoms with Crippen LogP contribution in [0, 0.1) is 46.6 Å². The van der Waals surface area contributed by atoms with Gasteiger partial charge in [-0.15, -0.1) is 0 Å². The van der Waals surface area contributed by atoms with E-state index >= 15 is 0 Å². The van der Waals surface area contributed by atoms with Crippen LogP contribution in [0.4, 0.5) is 0 Å². The Hall–Kier alpha value is 1.47. The second-order valence-electron chi connectivity index (χ2n) is 11.8. The SMILES string of the molecule is C[C]1[CH][P](=O)[C]([Si](C)(C)C(C)(C)C)[C]1C.C[C]1[CH][P][C]([Si](C)(C)C(C)(C)C)[C]1C.[Co]. The van der Waals surface area contributed by atoms with Crippen LogP contribution in [0.5, 0.6) is 0 Å². The van der Waals surface area contributed by atoms with E-state index in [1.807, 2.05) is 6.16 Å². The zero-order valence-electron chi connectivity index (χ0n) is 21.8. The van der Waals surface area contributed by atoms with E-state index in [4.69, 9.17) is 0 Å². The molecule has 0 aliphatic carbocycles. The van der Waals surface area contributed by atoms with Gasteiger partial charge in [-0.3, -0.25) is 4.57 Å². The Morgan fingerprint density at radius 2 is 1.20 bits per heavy atom. The summed E-state index contributed by atoms with van der Waals surface area (Å²) in [6, 6.07) is 0. The molecule has 0 spiro atoms. The molecule has 1 nitrogen and oxygen atoms in total. The van der Waals surface area contributed by atoms with Gasteiger partial charge in [0.1, 0.15) is 0 Å². The molecule has 1 unspecified atom stereocenters. The Labute approximate surface area is 205 Å². The van der Waals surface area contributed by atoms with Crippen molar-refractivity contribution in [3.63, 3.8) is 0 Å². The third-order valence-corrected chi connectivity index (χ3v) is 25.3. The number of rotatable bonds is 2. The molecule has 2 saturated heterocycles. The van der Waals surface area contributed by atoms with E-state index < -0.39 is 23.9 Å². The molecule has 11 radical (unpaired) electrons. The van der Waals surface area contributed by atoms with Crippen LogP contribution in [0.2, 0.25) is 36.3 Å². The van der Waals surface area contributed by atoms with Crippen LogP contribution in [0.25, 0.3) is 0 Å². The average Bonchev–Trinajstić information content (AvgIpc) is 2.97. The van der Waals surface area contributed by atoms with Gasteiger partial charge in [-0.05, 0) is 39.9 Å². The molecule has 0 N–H and O–H groups in total. The summed E-state index contributed by atoms with van der Waals surface area (Å²) in [5, 5.41) is 3.76. The molecule has 2 heterocycles. The minimum absolute atomic E-state index is 0. The summed E-state index contributed by atoms with van der Waals surface area (Å²) in [5.74, 6) is 5.57. The van der Waals surface area contributed by atoms with Gasteiger partial charge in [0, 0.05) is 28.2 Å². The van der Waals surface area contributed by atoms with Gasteiger partial charge >= 0.3 is 0 Å². The van der Waals surface area contributed by atoms with Crippen molar-refractivity contribution < 1.29 is 21.3 Å². The Morgan fingerprint density at radius 1 is 0.767 bits per heavy atom. The Kier molecular flexibility index (Phi) is 11.3. The normalized spacial score (nSPS) is 24.3. The zero-order valence-corrected chi connectivity index (χ0v) is 26.6. The summed E-state index contributed by atoms with van der Waals surface area (Å²) >= 11 is 0. The molecule has 0 amide bonds. The number of hydrogen-bond donors (Lipinski definition) is 0. The molecule has 1 atom stereocenters. The molecule has 0 aromatic heterocycles. The molecule has 2 aliphatic heterocycles. The van der Waals surface area contributed by atoms with Crippen molar-refractivity contribution in [1.82, 2.24) is 0 Å². The zero-order chi connectivity index (χ0) is 23.2. The first-order valence-electron chi connectivity index (χ1n) is 10.7. The number of hydrogen-bond acceptors (Lipinski definition) is 1. The van der Waals surface area contributed by atoms with Gasteiger partial charge in [0.25, 0.3) is 0 Å². The molecule has 0 aromatic rings. The van der Waals surface area contributed by atoms with Crippen molar-refractivity contribution >= 4 is 32.5 Å². The molecule has 0 saturated carbocycles. The quantitative estimate of drug-likeness (QED) is 0.259. The van der Waals surface area contributed by atoms with Crippen LogP contribution in [-0.2, 0) is 21.3 Å². The summed E-state index contributed by atoms with van der Waals surface area (Å²) in [5.41, 5.74) is 0. The van der Waals surface area contributed by atoms with Crippen molar-refractivity contribution in [1.29, 1.82) is 0 Å². The summed E-state index contributed by atoms with van der Waals surface area (Å²) < 4.78 is 12.1. The van der Waals surface area contributed by atoms with Crippen molar-refractivity contribution in [2.45, 2.75) is 106 Å². The van der Waals surface area contributed by atoms with Crippen LogP contribution in [-0.4, -0.2) is 16.1 Å². The maximum absolute atomic E-state index is 12.1. The largest absolute Gasteiger partial charge is 0.286 e. The van der Waals surface area contributed by atoms with Gasteiger partial charge in [-0.1, -0.05) is 104 Å². The molecule has 30 heavy (non-hydrogen) atoms. The van der Waals surface area contributed by atoms with Gasteiger partial charge in [0.05, 0.1) is 29.2 Å². The summed E-state index contributed by atoms with van der Waals surface area (Å²) in [7, 11) is -2.62. The van der Waals surface area contributed by atoms with E-state index in [1.54, 1.807) is 11.2 Å². The topological polar surface area (TPSA) is 17.1 Å². The molecule has 173 valence electrons. The van der Waals surface area contributed by atoms with Crippen LogP contribution < -0.4 is 0 Å². The third kappa shape index (κ3) is 6.53. The summed E-state index contributed by atoms with van der Waals surface area (Å²) in [6.45, 7) is 32.4. The predicted molar refractivity (Wildman–Crippen MR) is 140 cm³/mol. The first-order chi connectivity index (χ1) is 12.8. The van der Waals surface area contributed by atoms with E-state index in [-0.39, 0.29) is 21.8 Å². The standard InChI is InChI=1S/C12H22OPSi.C12H22PSi.Co/c1-9-8-14(13)11(10(9)2)15(6,7)12(3,4)5;1-9-8-13-11(10(9)2)14(6,7)12(3,4)5;/h8H,1-7H3;8H,1-7H3;. The minimum Gasteiger partial charge on any atom is -0.286 e. The van der Waals surface area contributed by atoms with Crippen LogP contribution >= 0.6 is 16.4 Å². The fourth-order valence-electron chi connectivity index (χ4n) is 3.32. The first-order valence-corrected chi connectivity index (χ1v) is 19.0. The van der Waals surface area contributed by atoms with E-state index in [1.165, 1.54) is 31.6 Å². The third-order valence-electron chi connectivity index (χ3n) is 7.75. The van der Waals surface area contributed by atoms with Gasteiger partial charge in [-0.25, -0.2) is 0 Å². The Balaban J connectivity index is 0.000000544. The van der Waals surface area contributed by atoms with Crippen molar-refractivity contribution in [2.75, 3.05) is 0 Å². The smallest absolute Gasteiger partial charge is 0.0817 e. The van der Waals surface area contributed by atoms with Crippen LogP contribution in [0.15, 0.2) is 0 Å².